The average molecular weight is 318 g/mol. The first-order valence-corrected chi connectivity index (χ1v) is 8.24. The van der Waals surface area contributed by atoms with Gasteiger partial charge in [-0.05, 0) is 42.8 Å². The molecule has 0 bridgehead atoms. The number of rotatable bonds is 6. The summed E-state index contributed by atoms with van der Waals surface area (Å²) in [6, 6.07) is 11.8. The minimum atomic E-state index is -0.554. The number of amides is 2. The summed E-state index contributed by atoms with van der Waals surface area (Å²) in [5.41, 5.74) is 2.36. The van der Waals surface area contributed by atoms with Crippen LogP contribution in [0.15, 0.2) is 41.8 Å². The van der Waals surface area contributed by atoms with E-state index in [4.69, 9.17) is 0 Å². The van der Waals surface area contributed by atoms with Crippen molar-refractivity contribution < 1.29 is 9.90 Å². The molecular formula is C17H22N2O2S. The van der Waals surface area contributed by atoms with Crippen molar-refractivity contribution in [3.05, 3.63) is 57.8 Å². The number of aliphatic hydroxyl groups excluding tert-OH is 1. The lowest BCUT2D eigenvalue weighted by atomic mass is 10.0. The smallest absolute Gasteiger partial charge is 0.315 e. The highest BCUT2D eigenvalue weighted by molar-refractivity contribution is 7.10. The summed E-state index contributed by atoms with van der Waals surface area (Å²) in [5.74, 6) is 0. The van der Waals surface area contributed by atoms with Gasteiger partial charge in [-0.25, -0.2) is 4.79 Å². The number of hydrogen-bond acceptors (Lipinski definition) is 3. The van der Waals surface area contributed by atoms with Crippen LogP contribution in [0.5, 0.6) is 0 Å². The molecule has 3 N–H and O–H groups in total. The highest BCUT2D eigenvalue weighted by atomic mass is 32.1. The van der Waals surface area contributed by atoms with Crippen LogP contribution >= 0.6 is 11.3 Å². The maximum absolute atomic E-state index is 12.0. The highest BCUT2D eigenvalue weighted by Gasteiger charge is 2.18. The van der Waals surface area contributed by atoms with Crippen LogP contribution in [0.1, 0.15) is 29.0 Å². The first kappa shape index (κ1) is 16.5. The van der Waals surface area contributed by atoms with E-state index in [9.17, 15) is 9.90 Å². The van der Waals surface area contributed by atoms with Gasteiger partial charge in [-0.1, -0.05) is 30.3 Å². The molecule has 0 aliphatic heterocycles. The quantitative estimate of drug-likeness (QED) is 0.767. The van der Waals surface area contributed by atoms with Gasteiger partial charge in [0.2, 0.25) is 0 Å². The third kappa shape index (κ3) is 4.86. The van der Waals surface area contributed by atoms with Crippen molar-refractivity contribution in [2.45, 2.75) is 32.4 Å². The Bertz CT molecular complexity index is 596. The second-order valence-corrected chi connectivity index (χ2v) is 6.36. The van der Waals surface area contributed by atoms with Gasteiger partial charge in [0.05, 0.1) is 12.1 Å². The number of aliphatic hydroxyl groups is 1. The molecule has 0 aliphatic carbocycles. The van der Waals surface area contributed by atoms with Crippen molar-refractivity contribution in [3.63, 3.8) is 0 Å². The second kappa shape index (κ2) is 7.96. The van der Waals surface area contributed by atoms with Crippen molar-refractivity contribution in [1.82, 2.24) is 10.6 Å². The van der Waals surface area contributed by atoms with Crippen LogP contribution in [0, 0.1) is 6.92 Å². The predicted molar refractivity (Wildman–Crippen MR) is 90.2 cm³/mol. The molecule has 2 aromatic rings. The lowest BCUT2D eigenvalue weighted by Gasteiger charge is -2.19. The average Bonchev–Trinajstić information content (AvgIpc) is 2.92. The molecule has 2 amide bonds. The monoisotopic (exact) mass is 318 g/mol. The highest BCUT2D eigenvalue weighted by Crippen LogP contribution is 2.26. The molecule has 2 rings (SSSR count). The summed E-state index contributed by atoms with van der Waals surface area (Å²) < 4.78 is 0. The summed E-state index contributed by atoms with van der Waals surface area (Å²) in [7, 11) is 0. The van der Waals surface area contributed by atoms with E-state index in [0.717, 1.165) is 11.3 Å². The lowest BCUT2D eigenvalue weighted by Crippen LogP contribution is -2.41. The van der Waals surface area contributed by atoms with Crippen LogP contribution in [-0.2, 0) is 6.42 Å². The summed E-state index contributed by atoms with van der Waals surface area (Å²) in [6.45, 7) is 3.94. The van der Waals surface area contributed by atoms with E-state index in [2.05, 4.69) is 35.8 Å². The molecule has 2 atom stereocenters. The molecule has 4 nitrogen and oxygen atoms in total. The molecule has 22 heavy (non-hydrogen) atoms. The van der Waals surface area contributed by atoms with Crippen molar-refractivity contribution in [2.24, 2.45) is 0 Å². The SMILES string of the molecule is Cc1ccsc1C(Cc1ccccc1)NC(=O)NC[C@@H](C)O. The minimum absolute atomic E-state index is 0.0728. The molecule has 118 valence electrons. The number of urea groups is 1. The van der Waals surface area contributed by atoms with Gasteiger partial charge in [0.25, 0.3) is 0 Å². The largest absolute Gasteiger partial charge is 0.392 e. The van der Waals surface area contributed by atoms with Crippen molar-refractivity contribution in [3.8, 4) is 0 Å². The second-order valence-electron chi connectivity index (χ2n) is 5.41. The molecule has 0 aliphatic rings. The number of aryl methyl sites for hydroxylation is 1. The van der Waals surface area contributed by atoms with Crippen LogP contribution in [0.4, 0.5) is 4.79 Å². The summed E-state index contributed by atoms with van der Waals surface area (Å²) >= 11 is 1.65. The van der Waals surface area contributed by atoms with Crippen molar-refractivity contribution in [1.29, 1.82) is 0 Å². The Hall–Kier alpha value is -1.85. The molecular weight excluding hydrogens is 296 g/mol. The van der Waals surface area contributed by atoms with Gasteiger partial charge in [0, 0.05) is 11.4 Å². The molecule has 1 heterocycles. The van der Waals surface area contributed by atoms with Gasteiger partial charge in [0.15, 0.2) is 0 Å². The van der Waals surface area contributed by atoms with Crippen LogP contribution in [0.2, 0.25) is 0 Å². The Morgan fingerprint density at radius 2 is 2.00 bits per heavy atom. The fourth-order valence-electron chi connectivity index (χ4n) is 2.25. The molecule has 0 fully saturated rings. The van der Waals surface area contributed by atoms with Crippen molar-refractivity contribution >= 4 is 17.4 Å². The van der Waals surface area contributed by atoms with Gasteiger partial charge in [-0.3, -0.25) is 0 Å². The zero-order valence-corrected chi connectivity index (χ0v) is 13.7. The zero-order valence-electron chi connectivity index (χ0n) is 12.9. The standard InChI is InChI=1S/C17H22N2O2S/c1-12-8-9-22-16(12)15(10-14-6-4-3-5-7-14)19-17(21)18-11-13(2)20/h3-9,13,15,20H,10-11H2,1-2H3,(H2,18,19,21)/t13-,15?/m1/s1. The van der Waals surface area contributed by atoms with Crippen LogP contribution in [-0.4, -0.2) is 23.8 Å². The minimum Gasteiger partial charge on any atom is -0.392 e. The molecule has 1 aromatic carbocycles. The van der Waals surface area contributed by atoms with E-state index in [1.807, 2.05) is 23.6 Å². The fourth-order valence-corrected chi connectivity index (χ4v) is 3.23. The number of benzene rings is 1. The topological polar surface area (TPSA) is 61.4 Å². The third-order valence-corrected chi connectivity index (χ3v) is 4.50. The Morgan fingerprint density at radius 3 is 2.59 bits per heavy atom. The van der Waals surface area contributed by atoms with Gasteiger partial charge >= 0.3 is 6.03 Å². The lowest BCUT2D eigenvalue weighted by molar-refractivity contribution is 0.186. The summed E-state index contributed by atoms with van der Waals surface area (Å²) in [4.78, 5) is 13.2. The van der Waals surface area contributed by atoms with Gasteiger partial charge < -0.3 is 15.7 Å². The van der Waals surface area contributed by atoms with Gasteiger partial charge in [-0.15, -0.1) is 11.3 Å². The van der Waals surface area contributed by atoms with Crippen molar-refractivity contribution in [2.75, 3.05) is 6.54 Å². The Morgan fingerprint density at radius 1 is 1.27 bits per heavy atom. The Balaban J connectivity index is 2.09. The summed E-state index contributed by atoms with van der Waals surface area (Å²) in [6.07, 6.45) is 0.186. The van der Waals surface area contributed by atoms with Crippen LogP contribution in [0.25, 0.3) is 0 Å². The van der Waals surface area contributed by atoms with E-state index >= 15 is 0 Å². The molecule has 5 heteroatoms. The fraction of sp³-hybridized carbons (Fsp3) is 0.353. The zero-order chi connectivity index (χ0) is 15.9. The maximum Gasteiger partial charge on any atom is 0.315 e. The molecule has 0 saturated heterocycles. The number of hydrogen-bond donors (Lipinski definition) is 3. The molecule has 0 radical (unpaired) electrons. The Kier molecular flexibility index (Phi) is 5.98. The van der Waals surface area contributed by atoms with E-state index in [1.165, 1.54) is 11.1 Å². The third-order valence-electron chi connectivity index (χ3n) is 3.36. The number of carbonyl (C=O) groups excluding carboxylic acids is 1. The molecule has 0 spiro atoms. The van der Waals surface area contributed by atoms with E-state index in [0.29, 0.717) is 0 Å². The van der Waals surface area contributed by atoms with Gasteiger partial charge in [-0.2, -0.15) is 0 Å². The molecule has 1 aromatic heterocycles. The van der Waals surface area contributed by atoms with E-state index in [1.54, 1.807) is 18.3 Å². The van der Waals surface area contributed by atoms with Crippen LogP contribution < -0.4 is 10.6 Å². The first-order chi connectivity index (χ1) is 10.6. The summed E-state index contributed by atoms with van der Waals surface area (Å²) in [5, 5.41) is 17.0. The predicted octanol–water partition coefficient (Wildman–Crippen LogP) is 3.02. The van der Waals surface area contributed by atoms with Crippen LogP contribution in [0.3, 0.4) is 0 Å². The normalized spacial score (nSPS) is 13.4. The number of nitrogens with one attached hydrogen (secondary N) is 2. The molecule has 0 saturated carbocycles. The molecule has 1 unspecified atom stereocenters. The first-order valence-electron chi connectivity index (χ1n) is 7.36. The van der Waals surface area contributed by atoms with E-state index < -0.39 is 6.10 Å². The maximum atomic E-state index is 12.0. The Labute approximate surface area is 135 Å². The van der Waals surface area contributed by atoms with E-state index in [-0.39, 0.29) is 18.6 Å². The number of thiophene rings is 1. The number of carbonyl (C=O) groups is 1. The van der Waals surface area contributed by atoms with Gasteiger partial charge in [0.1, 0.15) is 0 Å².